The molecule has 1 aromatic carbocycles. The van der Waals surface area contributed by atoms with Gasteiger partial charge in [-0.15, -0.1) is 0 Å². The van der Waals surface area contributed by atoms with Gasteiger partial charge in [-0.25, -0.2) is 0 Å². The van der Waals surface area contributed by atoms with Crippen LogP contribution in [0, 0.1) is 0 Å². The van der Waals surface area contributed by atoms with E-state index in [1.54, 1.807) is 0 Å². The molecule has 1 unspecified atom stereocenters. The molecule has 1 nitrogen and oxygen atoms in total. The second kappa shape index (κ2) is 6.72. The zero-order valence-corrected chi connectivity index (χ0v) is 13.0. The second-order valence-corrected chi connectivity index (χ2v) is 6.39. The fraction of sp³-hybridized carbons (Fsp3) is 0.625. The van der Waals surface area contributed by atoms with Gasteiger partial charge in [-0.2, -0.15) is 0 Å². The summed E-state index contributed by atoms with van der Waals surface area (Å²) in [5, 5.41) is 3.81. The van der Waals surface area contributed by atoms with Gasteiger partial charge < -0.3 is 5.32 Å². The SMILES string of the molecule is CCCC(CC)NC1CC(c2ccc(Br)cc2)C1. The summed E-state index contributed by atoms with van der Waals surface area (Å²) in [5.41, 5.74) is 1.50. The predicted molar refractivity (Wildman–Crippen MR) is 82.0 cm³/mol. The van der Waals surface area contributed by atoms with E-state index in [9.17, 15) is 0 Å². The predicted octanol–water partition coefficient (Wildman–Crippen LogP) is 4.86. The molecule has 1 aliphatic carbocycles. The molecule has 1 saturated carbocycles. The Morgan fingerprint density at radius 3 is 2.44 bits per heavy atom. The van der Waals surface area contributed by atoms with Crippen LogP contribution in [0.3, 0.4) is 0 Å². The Balaban J connectivity index is 1.78. The van der Waals surface area contributed by atoms with Crippen LogP contribution in [0.5, 0.6) is 0 Å². The summed E-state index contributed by atoms with van der Waals surface area (Å²) in [6.07, 6.45) is 6.47. The van der Waals surface area contributed by atoms with Gasteiger partial charge in [0.25, 0.3) is 0 Å². The van der Waals surface area contributed by atoms with E-state index in [4.69, 9.17) is 0 Å². The highest BCUT2D eigenvalue weighted by Crippen LogP contribution is 2.37. The van der Waals surface area contributed by atoms with Crippen LogP contribution >= 0.6 is 15.9 Å². The van der Waals surface area contributed by atoms with Crippen LogP contribution in [0.25, 0.3) is 0 Å². The highest BCUT2D eigenvalue weighted by molar-refractivity contribution is 9.10. The molecule has 0 radical (unpaired) electrons. The second-order valence-electron chi connectivity index (χ2n) is 5.48. The standard InChI is InChI=1S/C16H24BrN/c1-3-5-15(4-2)18-16-10-13(11-16)12-6-8-14(17)9-7-12/h6-9,13,15-16,18H,3-5,10-11H2,1-2H3. The highest BCUT2D eigenvalue weighted by atomic mass is 79.9. The van der Waals surface area contributed by atoms with Crippen LogP contribution in [0.1, 0.15) is 57.4 Å². The van der Waals surface area contributed by atoms with Gasteiger partial charge in [-0.1, -0.05) is 48.3 Å². The van der Waals surface area contributed by atoms with Crippen molar-refractivity contribution in [2.24, 2.45) is 0 Å². The van der Waals surface area contributed by atoms with Gasteiger partial charge in [0.15, 0.2) is 0 Å². The third-order valence-electron chi connectivity index (χ3n) is 4.08. The van der Waals surface area contributed by atoms with E-state index in [1.165, 1.54) is 42.1 Å². The normalized spacial score (nSPS) is 24.6. The van der Waals surface area contributed by atoms with Gasteiger partial charge in [0.1, 0.15) is 0 Å². The molecule has 0 heterocycles. The first-order valence-electron chi connectivity index (χ1n) is 7.24. The quantitative estimate of drug-likeness (QED) is 0.791. The first kappa shape index (κ1) is 14.1. The zero-order chi connectivity index (χ0) is 13.0. The smallest absolute Gasteiger partial charge is 0.0175 e. The minimum atomic E-state index is 0.728. The summed E-state index contributed by atoms with van der Waals surface area (Å²) in [6.45, 7) is 4.56. The number of halogens is 1. The summed E-state index contributed by atoms with van der Waals surface area (Å²) in [7, 11) is 0. The van der Waals surface area contributed by atoms with Gasteiger partial charge in [-0.3, -0.25) is 0 Å². The topological polar surface area (TPSA) is 12.0 Å². The van der Waals surface area contributed by atoms with Gasteiger partial charge >= 0.3 is 0 Å². The lowest BCUT2D eigenvalue weighted by atomic mass is 9.75. The molecular formula is C16H24BrN. The summed E-state index contributed by atoms with van der Waals surface area (Å²) in [4.78, 5) is 0. The molecule has 1 atom stereocenters. The lowest BCUT2D eigenvalue weighted by Gasteiger charge is -2.38. The fourth-order valence-corrected chi connectivity index (χ4v) is 3.11. The lowest BCUT2D eigenvalue weighted by molar-refractivity contribution is 0.255. The molecule has 0 aromatic heterocycles. The molecule has 0 saturated heterocycles. The number of rotatable bonds is 6. The molecule has 18 heavy (non-hydrogen) atoms. The molecule has 1 aliphatic rings. The van der Waals surface area contributed by atoms with Gasteiger partial charge in [-0.05, 0) is 49.3 Å². The average molecular weight is 310 g/mol. The van der Waals surface area contributed by atoms with Crippen molar-refractivity contribution in [2.45, 2.75) is 64.0 Å². The fourth-order valence-electron chi connectivity index (χ4n) is 2.85. The Morgan fingerprint density at radius 1 is 1.22 bits per heavy atom. The van der Waals surface area contributed by atoms with Crippen molar-refractivity contribution in [3.63, 3.8) is 0 Å². The van der Waals surface area contributed by atoms with Crippen LogP contribution in [-0.2, 0) is 0 Å². The van der Waals surface area contributed by atoms with Gasteiger partial charge in [0, 0.05) is 16.6 Å². The number of hydrogen-bond donors (Lipinski definition) is 1. The third-order valence-corrected chi connectivity index (χ3v) is 4.61. The average Bonchev–Trinajstić information content (AvgIpc) is 2.33. The summed E-state index contributed by atoms with van der Waals surface area (Å²) in [5.74, 6) is 0.773. The maximum atomic E-state index is 3.81. The van der Waals surface area contributed by atoms with E-state index in [0.29, 0.717) is 0 Å². The molecule has 0 aliphatic heterocycles. The number of hydrogen-bond acceptors (Lipinski definition) is 1. The van der Waals surface area contributed by atoms with Crippen LogP contribution < -0.4 is 5.32 Å². The zero-order valence-electron chi connectivity index (χ0n) is 11.5. The molecule has 0 amide bonds. The highest BCUT2D eigenvalue weighted by Gasteiger charge is 2.30. The van der Waals surface area contributed by atoms with Crippen molar-refractivity contribution in [1.29, 1.82) is 0 Å². The van der Waals surface area contributed by atoms with Crippen LogP contribution in [-0.4, -0.2) is 12.1 Å². The van der Waals surface area contributed by atoms with Crippen molar-refractivity contribution in [2.75, 3.05) is 0 Å². The van der Waals surface area contributed by atoms with Crippen LogP contribution in [0.4, 0.5) is 0 Å². The Hall–Kier alpha value is -0.340. The van der Waals surface area contributed by atoms with Gasteiger partial charge in [0.2, 0.25) is 0 Å². The molecule has 2 heteroatoms. The molecule has 1 fully saturated rings. The van der Waals surface area contributed by atoms with Crippen LogP contribution in [0.15, 0.2) is 28.7 Å². The lowest BCUT2D eigenvalue weighted by Crippen LogP contribution is -2.45. The first-order chi connectivity index (χ1) is 8.72. The van der Waals surface area contributed by atoms with Crippen LogP contribution in [0.2, 0.25) is 0 Å². The van der Waals surface area contributed by atoms with Crippen molar-refractivity contribution < 1.29 is 0 Å². The van der Waals surface area contributed by atoms with Crippen molar-refractivity contribution >= 4 is 15.9 Å². The van der Waals surface area contributed by atoms with Gasteiger partial charge in [0.05, 0.1) is 0 Å². The van der Waals surface area contributed by atoms with E-state index in [-0.39, 0.29) is 0 Å². The molecule has 100 valence electrons. The van der Waals surface area contributed by atoms with Crippen molar-refractivity contribution in [3.8, 4) is 0 Å². The van der Waals surface area contributed by atoms with Crippen molar-refractivity contribution in [3.05, 3.63) is 34.3 Å². The molecule has 2 rings (SSSR count). The van der Waals surface area contributed by atoms with Crippen molar-refractivity contribution in [1.82, 2.24) is 5.32 Å². The summed E-state index contributed by atoms with van der Waals surface area (Å²) < 4.78 is 1.18. The maximum absolute atomic E-state index is 3.81. The monoisotopic (exact) mass is 309 g/mol. The maximum Gasteiger partial charge on any atom is 0.0175 e. The Labute approximate surface area is 119 Å². The van der Waals surface area contributed by atoms with E-state index in [2.05, 4.69) is 59.4 Å². The van der Waals surface area contributed by atoms with E-state index in [1.807, 2.05) is 0 Å². The van der Waals surface area contributed by atoms with E-state index < -0.39 is 0 Å². The minimum Gasteiger partial charge on any atom is -0.311 e. The molecular weight excluding hydrogens is 286 g/mol. The molecule has 1 N–H and O–H groups in total. The first-order valence-corrected chi connectivity index (χ1v) is 8.03. The molecule has 0 spiro atoms. The van der Waals surface area contributed by atoms with E-state index in [0.717, 1.165) is 18.0 Å². The Bertz CT molecular complexity index is 354. The van der Waals surface area contributed by atoms with E-state index >= 15 is 0 Å². The molecule has 0 bridgehead atoms. The Kier molecular flexibility index (Phi) is 5.25. The molecule has 1 aromatic rings. The number of benzene rings is 1. The third kappa shape index (κ3) is 3.58. The summed E-state index contributed by atoms with van der Waals surface area (Å²) >= 11 is 3.49. The summed E-state index contributed by atoms with van der Waals surface area (Å²) in [6, 6.07) is 10.3. The number of nitrogens with one attached hydrogen (secondary N) is 1. The minimum absolute atomic E-state index is 0.728. The Morgan fingerprint density at radius 2 is 1.89 bits per heavy atom. The largest absolute Gasteiger partial charge is 0.311 e.